The highest BCUT2D eigenvalue weighted by atomic mass is 32.1. The van der Waals surface area contributed by atoms with E-state index in [9.17, 15) is 4.79 Å². The molecule has 0 saturated carbocycles. The topological polar surface area (TPSA) is 62.2 Å². The average Bonchev–Trinajstić information content (AvgIpc) is 2.97. The van der Waals surface area contributed by atoms with Gasteiger partial charge in [0.2, 0.25) is 0 Å². The van der Waals surface area contributed by atoms with E-state index in [1.54, 1.807) is 0 Å². The second kappa shape index (κ2) is 10.1. The van der Waals surface area contributed by atoms with Crippen molar-refractivity contribution in [1.29, 1.82) is 0 Å². The van der Waals surface area contributed by atoms with Crippen molar-refractivity contribution in [3.8, 4) is 0 Å². The largest absolute Gasteiger partial charge is 0.362 e. The molecule has 0 spiro atoms. The molecule has 4 rings (SSSR count). The van der Waals surface area contributed by atoms with Crippen molar-refractivity contribution in [3.63, 3.8) is 0 Å². The molecule has 0 bridgehead atoms. The van der Waals surface area contributed by atoms with Crippen molar-refractivity contribution in [2.75, 3.05) is 31.5 Å². The number of aromatic nitrogens is 2. The van der Waals surface area contributed by atoms with Crippen LogP contribution in [0.4, 0.5) is 5.69 Å². The Morgan fingerprint density at radius 3 is 2.81 bits per heavy atom. The van der Waals surface area contributed by atoms with E-state index in [1.807, 2.05) is 22.8 Å². The molecule has 2 atom stereocenters. The first-order chi connectivity index (χ1) is 15.0. The Balaban J connectivity index is 1.32. The van der Waals surface area contributed by atoms with Crippen LogP contribution in [0, 0.1) is 11.8 Å². The molecule has 0 aliphatic carbocycles. The van der Waals surface area contributed by atoms with Gasteiger partial charge in [-0.05, 0) is 74.5 Å². The van der Waals surface area contributed by atoms with Crippen molar-refractivity contribution in [1.82, 2.24) is 19.8 Å². The molecule has 2 N–H and O–H groups in total. The number of anilines is 1. The molecule has 3 heterocycles. The standard InChI is InChI=1S/C24H35N5OS/c1-17-13-18(2)16-28(15-17)11-6-10-25-24(31)26-19-8-9-21-20(14-19)23(30)29-12-5-3-4-7-22(29)27-21/h8-9,14,17-18H,3-7,10-13,15-16H2,1-2H3,(H2,25,26,31)/t17-,18-/m0/s1. The van der Waals surface area contributed by atoms with E-state index in [0.29, 0.717) is 10.5 Å². The Morgan fingerprint density at radius 1 is 1.19 bits per heavy atom. The van der Waals surface area contributed by atoms with E-state index >= 15 is 0 Å². The zero-order valence-corrected chi connectivity index (χ0v) is 19.6. The van der Waals surface area contributed by atoms with Crippen LogP contribution in [0.1, 0.15) is 51.8 Å². The molecule has 6 nitrogen and oxygen atoms in total. The number of thiocarbonyl (C=S) groups is 1. The molecule has 1 saturated heterocycles. The van der Waals surface area contributed by atoms with E-state index in [2.05, 4.69) is 29.4 Å². The van der Waals surface area contributed by atoms with Crippen molar-refractivity contribution in [3.05, 3.63) is 34.4 Å². The summed E-state index contributed by atoms with van der Waals surface area (Å²) in [5, 5.41) is 7.80. The fraction of sp³-hybridized carbons (Fsp3) is 0.625. The van der Waals surface area contributed by atoms with Gasteiger partial charge in [-0.15, -0.1) is 0 Å². The molecule has 31 heavy (non-hydrogen) atoms. The predicted molar refractivity (Wildman–Crippen MR) is 132 cm³/mol. The molecule has 2 aromatic rings. The highest BCUT2D eigenvalue weighted by molar-refractivity contribution is 7.80. The lowest BCUT2D eigenvalue weighted by Crippen LogP contribution is -2.40. The zero-order valence-electron chi connectivity index (χ0n) is 18.8. The van der Waals surface area contributed by atoms with Gasteiger partial charge >= 0.3 is 0 Å². The molecular weight excluding hydrogens is 406 g/mol. The third-order valence-electron chi connectivity index (χ3n) is 6.45. The Kier molecular flexibility index (Phi) is 7.23. The van der Waals surface area contributed by atoms with Gasteiger partial charge in [0.05, 0.1) is 10.9 Å². The molecule has 0 amide bonds. The lowest BCUT2D eigenvalue weighted by molar-refractivity contribution is 0.140. The normalized spacial score (nSPS) is 22.0. The van der Waals surface area contributed by atoms with Crippen LogP contribution in [-0.4, -0.2) is 45.7 Å². The fourth-order valence-electron chi connectivity index (χ4n) is 5.15. The maximum Gasteiger partial charge on any atom is 0.261 e. The van der Waals surface area contributed by atoms with E-state index < -0.39 is 0 Å². The van der Waals surface area contributed by atoms with Crippen LogP contribution in [0.2, 0.25) is 0 Å². The van der Waals surface area contributed by atoms with Crippen LogP contribution in [0.25, 0.3) is 10.9 Å². The summed E-state index contributed by atoms with van der Waals surface area (Å²) in [6.07, 6.45) is 6.59. The summed E-state index contributed by atoms with van der Waals surface area (Å²) in [6.45, 7) is 9.83. The molecule has 1 aromatic heterocycles. The fourth-order valence-corrected chi connectivity index (χ4v) is 5.37. The summed E-state index contributed by atoms with van der Waals surface area (Å²) in [5.74, 6) is 2.51. The van der Waals surface area contributed by atoms with E-state index in [4.69, 9.17) is 17.2 Å². The maximum absolute atomic E-state index is 13.0. The molecule has 0 radical (unpaired) electrons. The maximum atomic E-state index is 13.0. The van der Waals surface area contributed by atoms with E-state index in [0.717, 1.165) is 80.6 Å². The van der Waals surface area contributed by atoms with E-state index in [1.165, 1.54) is 19.5 Å². The Morgan fingerprint density at radius 2 is 2.00 bits per heavy atom. The lowest BCUT2D eigenvalue weighted by atomic mass is 9.92. The van der Waals surface area contributed by atoms with Gasteiger partial charge in [0.25, 0.3) is 5.56 Å². The highest BCUT2D eigenvalue weighted by Crippen LogP contribution is 2.21. The number of benzene rings is 1. The molecule has 2 aliphatic rings. The van der Waals surface area contributed by atoms with Gasteiger partial charge in [-0.1, -0.05) is 20.3 Å². The number of likely N-dealkylation sites (tertiary alicyclic amines) is 1. The number of piperidine rings is 1. The number of fused-ring (bicyclic) bond motifs is 2. The minimum atomic E-state index is 0.0643. The molecule has 7 heteroatoms. The average molecular weight is 442 g/mol. The van der Waals surface area contributed by atoms with Crippen molar-refractivity contribution in [2.24, 2.45) is 11.8 Å². The SMILES string of the molecule is C[C@H]1C[C@H](C)CN(CCCNC(=S)Nc2ccc3nc4n(c(=O)c3c2)CCCCC4)C1. The van der Waals surface area contributed by atoms with Crippen LogP contribution >= 0.6 is 12.2 Å². The van der Waals surface area contributed by atoms with Gasteiger partial charge in [0, 0.05) is 38.3 Å². The van der Waals surface area contributed by atoms with Crippen molar-refractivity contribution in [2.45, 2.75) is 58.9 Å². The zero-order chi connectivity index (χ0) is 21.8. The Hall–Kier alpha value is -1.99. The second-order valence-electron chi connectivity index (χ2n) is 9.47. The third kappa shape index (κ3) is 5.63. The number of aryl methyl sites for hydroxylation is 1. The van der Waals surface area contributed by atoms with Gasteiger partial charge in [-0.25, -0.2) is 4.98 Å². The first kappa shape index (κ1) is 22.2. The minimum Gasteiger partial charge on any atom is -0.362 e. The van der Waals surface area contributed by atoms with Crippen LogP contribution in [0.15, 0.2) is 23.0 Å². The van der Waals surface area contributed by atoms with E-state index in [-0.39, 0.29) is 5.56 Å². The van der Waals surface area contributed by atoms with Gasteiger partial charge in [0.15, 0.2) is 5.11 Å². The van der Waals surface area contributed by atoms with Gasteiger partial charge in [0.1, 0.15) is 5.82 Å². The number of nitrogens with zero attached hydrogens (tertiary/aromatic N) is 3. The summed E-state index contributed by atoms with van der Waals surface area (Å²) in [4.78, 5) is 20.3. The minimum absolute atomic E-state index is 0.0643. The summed E-state index contributed by atoms with van der Waals surface area (Å²) >= 11 is 5.48. The molecular formula is C24H35N5OS. The Bertz CT molecular complexity index is 978. The Labute approximate surface area is 190 Å². The number of nitrogens with one attached hydrogen (secondary N) is 2. The lowest BCUT2D eigenvalue weighted by Gasteiger charge is -2.35. The van der Waals surface area contributed by atoms with Crippen LogP contribution < -0.4 is 16.2 Å². The molecule has 0 unspecified atom stereocenters. The summed E-state index contributed by atoms with van der Waals surface area (Å²) in [7, 11) is 0. The van der Waals surface area contributed by atoms with Gasteiger partial charge < -0.3 is 15.5 Å². The quantitative estimate of drug-likeness (QED) is 0.544. The smallest absolute Gasteiger partial charge is 0.261 e. The van der Waals surface area contributed by atoms with Crippen LogP contribution in [0.3, 0.4) is 0 Å². The van der Waals surface area contributed by atoms with Crippen molar-refractivity contribution < 1.29 is 0 Å². The summed E-state index contributed by atoms with van der Waals surface area (Å²) in [6, 6.07) is 5.76. The molecule has 2 aliphatic heterocycles. The summed E-state index contributed by atoms with van der Waals surface area (Å²) < 4.78 is 1.86. The van der Waals surface area contributed by atoms with Gasteiger partial charge in [-0.3, -0.25) is 9.36 Å². The molecule has 1 fully saturated rings. The second-order valence-corrected chi connectivity index (χ2v) is 9.88. The first-order valence-corrected chi connectivity index (χ1v) is 12.2. The monoisotopic (exact) mass is 441 g/mol. The summed E-state index contributed by atoms with van der Waals surface area (Å²) in [5.41, 5.74) is 1.67. The number of hydrogen-bond acceptors (Lipinski definition) is 4. The highest BCUT2D eigenvalue weighted by Gasteiger charge is 2.21. The van der Waals surface area contributed by atoms with Crippen LogP contribution in [0.5, 0.6) is 0 Å². The third-order valence-corrected chi connectivity index (χ3v) is 6.70. The predicted octanol–water partition coefficient (Wildman–Crippen LogP) is 3.78. The van der Waals surface area contributed by atoms with Gasteiger partial charge in [-0.2, -0.15) is 0 Å². The first-order valence-electron chi connectivity index (χ1n) is 11.8. The van der Waals surface area contributed by atoms with Crippen LogP contribution in [-0.2, 0) is 13.0 Å². The number of hydrogen-bond donors (Lipinski definition) is 2. The van der Waals surface area contributed by atoms with Crippen molar-refractivity contribution >= 4 is 33.9 Å². The molecule has 168 valence electrons. The number of rotatable bonds is 5. The molecule has 1 aromatic carbocycles.